The number of nitrogens with zero attached hydrogens (tertiary/aromatic N) is 1. The molecular weight excluding hydrogens is 268 g/mol. The fraction of sp³-hybridized carbons (Fsp3) is 0.562. The van der Waals surface area contributed by atoms with Crippen molar-refractivity contribution >= 4 is 6.03 Å². The highest BCUT2D eigenvalue weighted by Crippen LogP contribution is 2.14. The van der Waals surface area contributed by atoms with Gasteiger partial charge in [-0.25, -0.2) is 4.79 Å². The Morgan fingerprint density at radius 3 is 3.10 bits per heavy atom. The van der Waals surface area contributed by atoms with Crippen LogP contribution in [0.2, 0.25) is 0 Å². The SMILES string of the molecule is COc1cccc(C[C@H](C)NC(=O)N2CCOC[C@H]2C)c1. The molecule has 0 bridgehead atoms. The minimum Gasteiger partial charge on any atom is -0.497 e. The molecule has 0 spiro atoms. The number of amides is 2. The Morgan fingerprint density at radius 1 is 1.57 bits per heavy atom. The number of methoxy groups -OCH3 is 1. The molecule has 5 nitrogen and oxygen atoms in total. The molecule has 1 N–H and O–H groups in total. The van der Waals surface area contributed by atoms with Crippen molar-refractivity contribution in [2.24, 2.45) is 0 Å². The summed E-state index contributed by atoms with van der Waals surface area (Å²) in [6.45, 7) is 5.90. The van der Waals surface area contributed by atoms with Gasteiger partial charge in [-0.1, -0.05) is 12.1 Å². The third kappa shape index (κ3) is 4.36. The Hall–Kier alpha value is -1.75. The van der Waals surface area contributed by atoms with E-state index in [1.54, 1.807) is 7.11 Å². The standard InChI is InChI=1S/C16H24N2O3/c1-12(9-14-5-4-6-15(10-14)20-3)17-16(19)18-7-8-21-11-13(18)2/h4-6,10,12-13H,7-9,11H2,1-3H3,(H,17,19)/t12-,13+/m0/s1. The summed E-state index contributed by atoms with van der Waals surface area (Å²) in [4.78, 5) is 14.1. The van der Waals surface area contributed by atoms with Crippen LogP contribution < -0.4 is 10.1 Å². The lowest BCUT2D eigenvalue weighted by Gasteiger charge is -2.34. The van der Waals surface area contributed by atoms with E-state index in [1.807, 2.05) is 43.0 Å². The first-order chi connectivity index (χ1) is 10.1. The average Bonchev–Trinajstić information content (AvgIpc) is 2.47. The minimum absolute atomic E-state index is 0.0128. The van der Waals surface area contributed by atoms with Crippen LogP contribution in [0.5, 0.6) is 5.75 Å². The summed E-state index contributed by atoms with van der Waals surface area (Å²) in [5, 5.41) is 3.06. The van der Waals surface area contributed by atoms with Crippen LogP contribution in [0.3, 0.4) is 0 Å². The first-order valence-electron chi connectivity index (χ1n) is 7.38. The normalized spacial score (nSPS) is 20.0. The zero-order chi connectivity index (χ0) is 15.2. The maximum absolute atomic E-state index is 12.3. The molecule has 21 heavy (non-hydrogen) atoms. The van der Waals surface area contributed by atoms with Crippen LogP contribution in [-0.4, -0.2) is 49.9 Å². The lowest BCUT2D eigenvalue weighted by molar-refractivity contribution is 0.0185. The molecule has 0 aromatic heterocycles. The van der Waals surface area contributed by atoms with Crippen molar-refractivity contribution < 1.29 is 14.3 Å². The number of morpholine rings is 1. The highest BCUT2D eigenvalue weighted by molar-refractivity contribution is 5.75. The van der Waals surface area contributed by atoms with E-state index in [2.05, 4.69) is 5.32 Å². The van der Waals surface area contributed by atoms with Crippen molar-refractivity contribution in [1.29, 1.82) is 0 Å². The van der Waals surface area contributed by atoms with Gasteiger partial charge in [0.1, 0.15) is 5.75 Å². The Kier molecular flexibility index (Phi) is 5.44. The summed E-state index contributed by atoms with van der Waals surface area (Å²) in [6.07, 6.45) is 0.779. The molecule has 0 unspecified atom stereocenters. The molecular formula is C16H24N2O3. The number of ether oxygens (including phenoxy) is 2. The number of urea groups is 1. The van der Waals surface area contributed by atoms with Crippen molar-refractivity contribution in [2.75, 3.05) is 26.9 Å². The van der Waals surface area contributed by atoms with E-state index in [-0.39, 0.29) is 18.1 Å². The Labute approximate surface area is 126 Å². The molecule has 2 atom stereocenters. The van der Waals surface area contributed by atoms with E-state index in [0.717, 1.165) is 17.7 Å². The van der Waals surface area contributed by atoms with Crippen LogP contribution >= 0.6 is 0 Å². The fourth-order valence-electron chi connectivity index (χ4n) is 2.53. The van der Waals surface area contributed by atoms with Gasteiger partial charge < -0.3 is 19.7 Å². The second-order valence-electron chi connectivity index (χ2n) is 5.52. The molecule has 1 aromatic rings. The summed E-state index contributed by atoms with van der Waals surface area (Å²) < 4.78 is 10.6. The summed E-state index contributed by atoms with van der Waals surface area (Å²) in [6, 6.07) is 8.11. The highest BCUT2D eigenvalue weighted by Gasteiger charge is 2.24. The number of benzene rings is 1. The van der Waals surface area contributed by atoms with Gasteiger partial charge in [0.05, 0.1) is 26.4 Å². The molecule has 1 heterocycles. The van der Waals surface area contributed by atoms with Crippen LogP contribution in [-0.2, 0) is 11.2 Å². The summed E-state index contributed by atoms with van der Waals surface area (Å²) >= 11 is 0. The van der Waals surface area contributed by atoms with E-state index in [1.165, 1.54) is 0 Å². The third-order valence-corrected chi connectivity index (χ3v) is 3.67. The Bertz CT molecular complexity index is 478. The third-order valence-electron chi connectivity index (χ3n) is 3.67. The smallest absolute Gasteiger partial charge is 0.318 e. The van der Waals surface area contributed by atoms with Crippen molar-refractivity contribution in [1.82, 2.24) is 10.2 Å². The molecule has 1 saturated heterocycles. The van der Waals surface area contributed by atoms with Gasteiger partial charge in [0.25, 0.3) is 0 Å². The van der Waals surface area contributed by atoms with Crippen LogP contribution in [0, 0.1) is 0 Å². The van der Waals surface area contributed by atoms with Gasteiger partial charge in [-0.05, 0) is 38.0 Å². The van der Waals surface area contributed by atoms with E-state index >= 15 is 0 Å². The highest BCUT2D eigenvalue weighted by atomic mass is 16.5. The largest absolute Gasteiger partial charge is 0.497 e. The number of carbonyl (C=O) groups excluding carboxylic acids is 1. The van der Waals surface area contributed by atoms with E-state index in [0.29, 0.717) is 19.8 Å². The number of nitrogens with one attached hydrogen (secondary N) is 1. The Morgan fingerprint density at radius 2 is 2.38 bits per heavy atom. The summed E-state index contributed by atoms with van der Waals surface area (Å²) in [5.74, 6) is 0.841. The second-order valence-corrected chi connectivity index (χ2v) is 5.52. The average molecular weight is 292 g/mol. The van der Waals surface area contributed by atoms with Crippen LogP contribution in [0.4, 0.5) is 4.79 Å². The lowest BCUT2D eigenvalue weighted by Crippen LogP contribution is -2.53. The van der Waals surface area contributed by atoms with Crippen LogP contribution in [0.1, 0.15) is 19.4 Å². The monoisotopic (exact) mass is 292 g/mol. The molecule has 1 aliphatic rings. The molecule has 2 amide bonds. The van der Waals surface area contributed by atoms with Gasteiger partial charge in [-0.15, -0.1) is 0 Å². The molecule has 5 heteroatoms. The zero-order valence-corrected chi connectivity index (χ0v) is 13.0. The number of hydrogen-bond acceptors (Lipinski definition) is 3. The number of hydrogen-bond donors (Lipinski definition) is 1. The molecule has 1 aromatic carbocycles. The molecule has 0 aliphatic carbocycles. The number of carbonyl (C=O) groups is 1. The predicted octanol–water partition coefficient (Wildman–Crippen LogP) is 2.06. The second kappa shape index (κ2) is 7.31. The van der Waals surface area contributed by atoms with Crippen LogP contribution in [0.15, 0.2) is 24.3 Å². The predicted molar refractivity (Wildman–Crippen MR) is 81.7 cm³/mol. The van der Waals surface area contributed by atoms with Gasteiger partial charge in [-0.3, -0.25) is 0 Å². The fourth-order valence-corrected chi connectivity index (χ4v) is 2.53. The van der Waals surface area contributed by atoms with Gasteiger partial charge in [0, 0.05) is 12.6 Å². The molecule has 116 valence electrons. The Balaban J connectivity index is 1.88. The maximum atomic E-state index is 12.3. The first-order valence-corrected chi connectivity index (χ1v) is 7.38. The lowest BCUT2D eigenvalue weighted by atomic mass is 10.1. The van der Waals surface area contributed by atoms with Gasteiger partial charge in [0.2, 0.25) is 0 Å². The van der Waals surface area contributed by atoms with Gasteiger partial charge in [0.15, 0.2) is 0 Å². The maximum Gasteiger partial charge on any atom is 0.318 e. The molecule has 0 saturated carbocycles. The molecule has 1 fully saturated rings. The van der Waals surface area contributed by atoms with E-state index in [9.17, 15) is 4.79 Å². The van der Waals surface area contributed by atoms with Crippen molar-refractivity contribution in [3.63, 3.8) is 0 Å². The topological polar surface area (TPSA) is 50.8 Å². The van der Waals surface area contributed by atoms with Gasteiger partial charge >= 0.3 is 6.03 Å². The molecule has 2 rings (SSSR count). The molecule has 1 aliphatic heterocycles. The van der Waals surface area contributed by atoms with Gasteiger partial charge in [-0.2, -0.15) is 0 Å². The quantitative estimate of drug-likeness (QED) is 0.924. The molecule has 0 radical (unpaired) electrons. The van der Waals surface area contributed by atoms with Crippen molar-refractivity contribution in [2.45, 2.75) is 32.4 Å². The van der Waals surface area contributed by atoms with Crippen LogP contribution in [0.25, 0.3) is 0 Å². The van der Waals surface area contributed by atoms with Crippen molar-refractivity contribution in [3.05, 3.63) is 29.8 Å². The first kappa shape index (κ1) is 15.6. The van der Waals surface area contributed by atoms with E-state index < -0.39 is 0 Å². The summed E-state index contributed by atoms with van der Waals surface area (Å²) in [5.41, 5.74) is 1.15. The minimum atomic E-state index is -0.0128. The zero-order valence-electron chi connectivity index (χ0n) is 13.0. The number of rotatable bonds is 4. The van der Waals surface area contributed by atoms with E-state index in [4.69, 9.17) is 9.47 Å². The van der Waals surface area contributed by atoms with Crippen molar-refractivity contribution in [3.8, 4) is 5.75 Å². The summed E-state index contributed by atoms with van der Waals surface area (Å²) in [7, 11) is 1.66.